The van der Waals surface area contributed by atoms with Gasteiger partial charge in [-0.25, -0.2) is 0 Å². The molecule has 86 valence electrons. The van der Waals surface area contributed by atoms with Gasteiger partial charge >= 0.3 is 0 Å². The maximum absolute atomic E-state index is 12.3. The van der Waals surface area contributed by atoms with Gasteiger partial charge in [0.25, 0.3) is 5.56 Å². The zero-order valence-corrected chi connectivity index (χ0v) is 10.2. The molecule has 0 aliphatic carbocycles. The van der Waals surface area contributed by atoms with Crippen molar-refractivity contribution in [3.8, 4) is 0 Å². The van der Waals surface area contributed by atoms with Crippen LogP contribution < -0.4 is 5.56 Å². The largest absolute Gasteiger partial charge is 0.339 e. The van der Waals surface area contributed by atoms with Gasteiger partial charge in [0.2, 0.25) is 0 Å². The van der Waals surface area contributed by atoms with Crippen molar-refractivity contribution >= 4 is 16.7 Å². The van der Waals surface area contributed by atoms with E-state index in [2.05, 4.69) is 4.98 Å². The molecule has 0 unspecified atom stereocenters. The van der Waals surface area contributed by atoms with E-state index in [1.54, 1.807) is 4.40 Å². The number of para-hydroxylation sites is 2. The quantitative estimate of drug-likeness (QED) is 0.628. The summed E-state index contributed by atoms with van der Waals surface area (Å²) < 4.78 is 1.77. The van der Waals surface area contributed by atoms with Gasteiger partial charge in [0.1, 0.15) is 5.65 Å². The van der Waals surface area contributed by atoms with Gasteiger partial charge in [-0.1, -0.05) is 12.1 Å². The van der Waals surface area contributed by atoms with Crippen LogP contribution in [0.15, 0.2) is 29.1 Å². The predicted octanol–water partition coefficient (Wildman–Crippen LogP) is 2.71. The molecule has 0 fully saturated rings. The van der Waals surface area contributed by atoms with E-state index in [1.807, 2.05) is 45.0 Å². The summed E-state index contributed by atoms with van der Waals surface area (Å²) >= 11 is 0. The number of rotatable bonds is 0. The van der Waals surface area contributed by atoms with Crippen molar-refractivity contribution in [1.82, 2.24) is 9.38 Å². The van der Waals surface area contributed by atoms with Crippen LogP contribution >= 0.6 is 0 Å². The van der Waals surface area contributed by atoms with Crippen molar-refractivity contribution in [1.29, 1.82) is 0 Å². The number of aryl methyl sites for hydroxylation is 1. The molecule has 0 aliphatic rings. The van der Waals surface area contributed by atoms with E-state index in [0.717, 1.165) is 33.4 Å². The molecule has 0 bridgehead atoms. The van der Waals surface area contributed by atoms with E-state index in [-0.39, 0.29) is 5.56 Å². The molecular formula is C14H14N2O. The monoisotopic (exact) mass is 226 g/mol. The van der Waals surface area contributed by atoms with Crippen molar-refractivity contribution in [3.05, 3.63) is 51.3 Å². The lowest BCUT2D eigenvalue weighted by molar-refractivity contribution is 1.07. The SMILES string of the molecule is Cc1c(C)c(=O)n2c([nH]c3ccccc32)c1C. The van der Waals surface area contributed by atoms with E-state index < -0.39 is 0 Å². The Bertz CT molecular complexity index is 793. The zero-order chi connectivity index (χ0) is 12.2. The molecule has 0 aliphatic heterocycles. The van der Waals surface area contributed by atoms with Crippen molar-refractivity contribution in [2.24, 2.45) is 0 Å². The normalized spacial score (nSPS) is 11.5. The number of H-pyrrole nitrogens is 1. The number of aromatic amines is 1. The van der Waals surface area contributed by atoms with Crippen LogP contribution in [-0.2, 0) is 0 Å². The summed E-state index contributed by atoms with van der Waals surface area (Å²) in [6.45, 7) is 5.93. The maximum atomic E-state index is 12.3. The number of fused-ring (bicyclic) bond motifs is 3. The minimum absolute atomic E-state index is 0.0700. The fourth-order valence-electron chi connectivity index (χ4n) is 2.34. The van der Waals surface area contributed by atoms with Gasteiger partial charge < -0.3 is 4.98 Å². The highest BCUT2D eigenvalue weighted by atomic mass is 16.1. The molecular weight excluding hydrogens is 212 g/mol. The van der Waals surface area contributed by atoms with Crippen LogP contribution in [0, 0.1) is 20.8 Å². The van der Waals surface area contributed by atoms with Crippen LogP contribution in [0.5, 0.6) is 0 Å². The van der Waals surface area contributed by atoms with Crippen LogP contribution in [0.1, 0.15) is 16.7 Å². The van der Waals surface area contributed by atoms with Crippen molar-refractivity contribution < 1.29 is 0 Å². The molecule has 1 N–H and O–H groups in total. The lowest BCUT2D eigenvalue weighted by Gasteiger charge is -2.06. The summed E-state index contributed by atoms with van der Waals surface area (Å²) in [6, 6.07) is 7.88. The molecule has 0 saturated carbocycles. The van der Waals surface area contributed by atoms with Gasteiger partial charge in [0, 0.05) is 5.56 Å². The van der Waals surface area contributed by atoms with Gasteiger partial charge in [-0.3, -0.25) is 9.20 Å². The van der Waals surface area contributed by atoms with Crippen LogP contribution in [0.3, 0.4) is 0 Å². The summed E-state index contributed by atoms with van der Waals surface area (Å²) in [6.07, 6.45) is 0. The molecule has 0 atom stereocenters. The molecule has 0 saturated heterocycles. The lowest BCUT2D eigenvalue weighted by Crippen LogP contribution is -2.18. The third kappa shape index (κ3) is 1.19. The third-order valence-electron chi connectivity index (χ3n) is 3.63. The average molecular weight is 226 g/mol. The highest BCUT2D eigenvalue weighted by Crippen LogP contribution is 2.20. The first-order chi connectivity index (χ1) is 8.11. The predicted molar refractivity (Wildman–Crippen MR) is 69.7 cm³/mol. The Labute approximate surface area is 98.7 Å². The number of benzene rings is 1. The number of nitrogens with zero attached hydrogens (tertiary/aromatic N) is 1. The van der Waals surface area contributed by atoms with Crippen molar-refractivity contribution in [2.45, 2.75) is 20.8 Å². The van der Waals surface area contributed by atoms with E-state index in [1.165, 1.54) is 0 Å². The smallest absolute Gasteiger partial charge is 0.259 e. The summed E-state index contributed by atoms with van der Waals surface area (Å²) in [5, 5.41) is 0. The van der Waals surface area contributed by atoms with E-state index in [9.17, 15) is 4.79 Å². The Morgan fingerprint density at radius 3 is 2.47 bits per heavy atom. The minimum atomic E-state index is 0.0700. The molecule has 3 nitrogen and oxygen atoms in total. The van der Waals surface area contributed by atoms with E-state index >= 15 is 0 Å². The molecule has 3 rings (SSSR count). The summed E-state index contributed by atoms with van der Waals surface area (Å²) in [4.78, 5) is 15.6. The van der Waals surface area contributed by atoms with Gasteiger partial charge in [0.15, 0.2) is 0 Å². The fraction of sp³-hybridized carbons (Fsp3) is 0.214. The molecule has 17 heavy (non-hydrogen) atoms. The highest BCUT2D eigenvalue weighted by Gasteiger charge is 2.12. The molecule has 1 aromatic carbocycles. The first-order valence-corrected chi connectivity index (χ1v) is 5.70. The Balaban J connectivity index is 2.72. The average Bonchev–Trinajstić information content (AvgIpc) is 2.73. The molecule has 0 amide bonds. The Morgan fingerprint density at radius 1 is 1.00 bits per heavy atom. The molecule has 3 aromatic rings. The summed E-state index contributed by atoms with van der Waals surface area (Å²) in [5.74, 6) is 0. The van der Waals surface area contributed by atoms with E-state index in [4.69, 9.17) is 0 Å². The number of aromatic nitrogens is 2. The van der Waals surface area contributed by atoms with Crippen LogP contribution in [0.2, 0.25) is 0 Å². The molecule has 0 spiro atoms. The second kappa shape index (κ2) is 3.23. The second-order valence-electron chi connectivity index (χ2n) is 4.51. The van der Waals surface area contributed by atoms with Gasteiger partial charge in [0.05, 0.1) is 11.0 Å². The standard InChI is InChI=1S/C14H14N2O/c1-8-9(2)13-15-11-6-4-5-7-12(11)16(13)14(17)10(8)3/h4-7,15H,1-3H3. The summed E-state index contributed by atoms with van der Waals surface area (Å²) in [7, 11) is 0. The van der Waals surface area contributed by atoms with E-state index in [0.29, 0.717) is 0 Å². The molecule has 2 heterocycles. The van der Waals surface area contributed by atoms with Crippen LogP contribution in [0.4, 0.5) is 0 Å². The van der Waals surface area contributed by atoms with Crippen LogP contribution in [-0.4, -0.2) is 9.38 Å². The molecule has 3 heteroatoms. The first kappa shape index (κ1) is 10.1. The number of imidazole rings is 1. The number of hydrogen-bond donors (Lipinski definition) is 1. The first-order valence-electron chi connectivity index (χ1n) is 5.70. The fourth-order valence-corrected chi connectivity index (χ4v) is 2.34. The van der Waals surface area contributed by atoms with Gasteiger partial charge in [-0.2, -0.15) is 0 Å². The molecule has 2 aromatic heterocycles. The zero-order valence-electron chi connectivity index (χ0n) is 10.2. The topological polar surface area (TPSA) is 37.3 Å². The Kier molecular flexibility index (Phi) is 1.93. The highest BCUT2D eigenvalue weighted by molar-refractivity contribution is 5.81. The maximum Gasteiger partial charge on any atom is 0.259 e. The Hall–Kier alpha value is -2.03. The minimum Gasteiger partial charge on any atom is -0.339 e. The second-order valence-corrected chi connectivity index (χ2v) is 4.51. The number of pyridine rings is 1. The molecule has 0 radical (unpaired) electrons. The third-order valence-corrected chi connectivity index (χ3v) is 3.63. The van der Waals surface area contributed by atoms with Crippen molar-refractivity contribution in [3.63, 3.8) is 0 Å². The lowest BCUT2D eigenvalue weighted by atomic mass is 10.1. The number of hydrogen-bond acceptors (Lipinski definition) is 1. The van der Waals surface area contributed by atoms with Crippen molar-refractivity contribution in [2.75, 3.05) is 0 Å². The summed E-state index contributed by atoms with van der Waals surface area (Å²) in [5.41, 5.74) is 5.95. The Morgan fingerprint density at radius 2 is 1.71 bits per heavy atom. The van der Waals surface area contributed by atoms with Crippen LogP contribution in [0.25, 0.3) is 16.7 Å². The van der Waals surface area contributed by atoms with Gasteiger partial charge in [-0.05, 0) is 44.0 Å². The van der Waals surface area contributed by atoms with Gasteiger partial charge in [-0.15, -0.1) is 0 Å². The number of nitrogens with one attached hydrogen (secondary N) is 1.